The van der Waals surface area contributed by atoms with Crippen LogP contribution < -0.4 is 15.4 Å². The Morgan fingerprint density at radius 3 is 2.90 bits per heavy atom. The second-order valence-corrected chi connectivity index (χ2v) is 5.63. The van der Waals surface area contributed by atoms with E-state index < -0.39 is 0 Å². The summed E-state index contributed by atoms with van der Waals surface area (Å²) in [5, 5.41) is 6.17. The Balaban J connectivity index is 1.77. The first-order valence-electron chi connectivity index (χ1n) is 7.34. The van der Waals surface area contributed by atoms with Crippen LogP contribution in [0.25, 0.3) is 0 Å². The Kier molecular flexibility index (Phi) is 5.01. The average Bonchev–Trinajstić information content (AvgIpc) is 2.85. The lowest BCUT2D eigenvalue weighted by Crippen LogP contribution is -2.45. The zero-order valence-corrected chi connectivity index (χ0v) is 12.5. The molecule has 1 aromatic rings. The molecule has 1 aliphatic heterocycles. The van der Waals surface area contributed by atoms with Gasteiger partial charge in [-0.15, -0.1) is 0 Å². The van der Waals surface area contributed by atoms with Gasteiger partial charge >= 0.3 is 0 Å². The molecule has 1 heterocycles. The van der Waals surface area contributed by atoms with E-state index in [1.807, 2.05) is 26.8 Å². The van der Waals surface area contributed by atoms with Crippen LogP contribution in [0, 0.1) is 0 Å². The van der Waals surface area contributed by atoms with Gasteiger partial charge in [0.05, 0.1) is 12.6 Å². The van der Waals surface area contributed by atoms with Crippen LogP contribution in [0.1, 0.15) is 31.9 Å². The van der Waals surface area contributed by atoms with Crippen molar-refractivity contribution in [3.63, 3.8) is 0 Å². The van der Waals surface area contributed by atoms with Crippen LogP contribution >= 0.6 is 0 Å². The highest BCUT2D eigenvalue weighted by molar-refractivity contribution is 5.81. The molecule has 0 spiro atoms. The van der Waals surface area contributed by atoms with E-state index in [-0.39, 0.29) is 18.0 Å². The number of benzene rings is 1. The van der Waals surface area contributed by atoms with Gasteiger partial charge in [0.15, 0.2) is 0 Å². The summed E-state index contributed by atoms with van der Waals surface area (Å²) in [7, 11) is 0. The summed E-state index contributed by atoms with van der Waals surface area (Å²) in [5.41, 5.74) is 2.59. The second kappa shape index (κ2) is 6.75. The van der Waals surface area contributed by atoms with Crippen LogP contribution in [0.3, 0.4) is 0 Å². The Hall–Kier alpha value is -1.55. The molecule has 1 unspecified atom stereocenters. The van der Waals surface area contributed by atoms with Gasteiger partial charge in [0.25, 0.3) is 0 Å². The summed E-state index contributed by atoms with van der Waals surface area (Å²) >= 11 is 0. The molecule has 1 atom stereocenters. The van der Waals surface area contributed by atoms with E-state index in [4.69, 9.17) is 4.74 Å². The first-order valence-corrected chi connectivity index (χ1v) is 7.34. The number of ether oxygens (including phenoxy) is 1. The standard InChI is InChI=1S/C16H24N2O2/c1-11(2)18-16(19)12(3)17-8-6-13-4-5-15-14(10-13)7-9-20-15/h4-5,10-12,17H,6-9H2,1-3H3,(H,18,19). The van der Waals surface area contributed by atoms with Gasteiger partial charge in [0.1, 0.15) is 5.75 Å². The summed E-state index contributed by atoms with van der Waals surface area (Å²) < 4.78 is 5.50. The minimum absolute atomic E-state index is 0.0577. The fourth-order valence-electron chi connectivity index (χ4n) is 2.33. The minimum atomic E-state index is -0.157. The zero-order valence-electron chi connectivity index (χ0n) is 12.5. The molecule has 0 saturated carbocycles. The third kappa shape index (κ3) is 3.97. The number of rotatable bonds is 6. The smallest absolute Gasteiger partial charge is 0.237 e. The summed E-state index contributed by atoms with van der Waals surface area (Å²) in [6.45, 7) is 7.43. The molecule has 1 aromatic carbocycles. The predicted octanol–water partition coefficient (Wildman–Crippen LogP) is 1.67. The number of carbonyl (C=O) groups is 1. The molecular formula is C16H24N2O2. The maximum absolute atomic E-state index is 11.8. The SMILES string of the molecule is CC(C)NC(=O)C(C)NCCc1ccc2c(c1)CCO2. The van der Waals surface area contributed by atoms with Crippen LogP contribution in [0.5, 0.6) is 5.75 Å². The predicted molar refractivity (Wildman–Crippen MR) is 80.1 cm³/mol. The molecule has 0 aromatic heterocycles. The minimum Gasteiger partial charge on any atom is -0.493 e. The zero-order chi connectivity index (χ0) is 14.5. The van der Waals surface area contributed by atoms with E-state index in [1.165, 1.54) is 11.1 Å². The van der Waals surface area contributed by atoms with E-state index in [2.05, 4.69) is 22.8 Å². The number of fused-ring (bicyclic) bond motifs is 1. The maximum atomic E-state index is 11.8. The van der Waals surface area contributed by atoms with E-state index in [0.29, 0.717) is 0 Å². The Morgan fingerprint density at radius 1 is 1.35 bits per heavy atom. The average molecular weight is 276 g/mol. The van der Waals surface area contributed by atoms with Crippen LogP contribution in [0.4, 0.5) is 0 Å². The summed E-state index contributed by atoms with van der Waals surface area (Å²) in [5.74, 6) is 1.08. The largest absolute Gasteiger partial charge is 0.493 e. The number of carbonyl (C=O) groups excluding carboxylic acids is 1. The molecule has 0 fully saturated rings. The molecule has 0 radical (unpaired) electrons. The number of hydrogen-bond acceptors (Lipinski definition) is 3. The quantitative estimate of drug-likeness (QED) is 0.831. The molecule has 0 bridgehead atoms. The molecule has 110 valence electrons. The normalized spacial score (nSPS) is 14.8. The van der Waals surface area contributed by atoms with Crippen LogP contribution in [-0.4, -0.2) is 31.1 Å². The molecule has 0 aliphatic carbocycles. The van der Waals surface area contributed by atoms with Gasteiger partial charge < -0.3 is 15.4 Å². The third-order valence-electron chi connectivity index (χ3n) is 3.44. The molecule has 4 nitrogen and oxygen atoms in total. The molecule has 0 saturated heterocycles. The van der Waals surface area contributed by atoms with E-state index >= 15 is 0 Å². The monoisotopic (exact) mass is 276 g/mol. The first-order chi connectivity index (χ1) is 9.56. The van der Waals surface area contributed by atoms with E-state index in [9.17, 15) is 4.79 Å². The van der Waals surface area contributed by atoms with Gasteiger partial charge in [-0.2, -0.15) is 0 Å². The van der Waals surface area contributed by atoms with E-state index in [0.717, 1.165) is 31.7 Å². The fourth-order valence-corrected chi connectivity index (χ4v) is 2.33. The number of nitrogens with one attached hydrogen (secondary N) is 2. The highest BCUT2D eigenvalue weighted by Crippen LogP contribution is 2.25. The third-order valence-corrected chi connectivity index (χ3v) is 3.44. The van der Waals surface area contributed by atoms with E-state index in [1.54, 1.807) is 0 Å². The van der Waals surface area contributed by atoms with Crippen molar-refractivity contribution in [1.29, 1.82) is 0 Å². The molecule has 1 aliphatic rings. The van der Waals surface area contributed by atoms with Crippen molar-refractivity contribution < 1.29 is 9.53 Å². The molecule has 20 heavy (non-hydrogen) atoms. The highest BCUT2D eigenvalue weighted by Gasteiger charge is 2.14. The summed E-state index contributed by atoms with van der Waals surface area (Å²) in [4.78, 5) is 11.8. The van der Waals surface area contributed by atoms with Crippen LogP contribution in [0.2, 0.25) is 0 Å². The van der Waals surface area contributed by atoms with Crippen LogP contribution in [0.15, 0.2) is 18.2 Å². The maximum Gasteiger partial charge on any atom is 0.237 e. The fraction of sp³-hybridized carbons (Fsp3) is 0.562. The van der Waals surface area contributed by atoms with Gasteiger partial charge in [0.2, 0.25) is 5.91 Å². The Morgan fingerprint density at radius 2 is 2.15 bits per heavy atom. The molecular weight excluding hydrogens is 252 g/mol. The van der Waals surface area contributed by atoms with Gasteiger partial charge in [0, 0.05) is 12.5 Å². The summed E-state index contributed by atoms with van der Waals surface area (Å²) in [6.07, 6.45) is 1.93. The van der Waals surface area contributed by atoms with Crippen molar-refractivity contribution in [3.05, 3.63) is 29.3 Å². The van der Waals surface area contributed by atoms with Gasteiger partial charge in [-0.1, -0.05) is 12.1 Å². The molecule has 2 N–H and O–H groups in total. The van der Waals surface area contributed by atoms with Gasteiger partial charge in [-0.25, -0.2) is 0 Å². The Bertz CT molecular complexity index is 472. The summed E-state index contributed by atoms with van der Waals surface area (Å²) in [6, 6.07) is 6.39. The van der Waals surface area contributed by atoms with Crippen molar-refractivity contribution in [2.24, 2.45) is 0 Å². The van der Waals surface area contributed by atoms with Crippen molar-refractivity contribution in [3.8, 4) is 5.75 Å². The lowest BCUT2D eigenvalue weighted by atomic mass is 10.1. The van der Waals surface area contributed by atoms with Crippen molar-refractivity contribution >= 4 is 5.91 Å². The molecule has 1 amide bonds. The van der Waals surface area contributed by atoms with Gasteiger partial charge in [-0.3, -0.25) is 4.79 Å². The van der Waals surface area contributed by atoms with Crippen LogP contribution in [-0.2, 0) is 17.6 Å². The van der Waals surface area contributed by atoms with Crippen molar-refractivity contribution in [1.82, 2.24) is 10.6 Å². The molecule has 4 heteroatoms. The first kappa shape index (κ1) is 14.9. The van der Waals surface area contributed by atoms with Gasteiger partial charge in [-0.05, 0) is 50.9 Å². The lowest BCUT2D eigenvalue weighted by Gasteiger charge is -2.16. The topological polar surface area (TPSA) is 50.4 Å². The second-order valence-electron chi connectivity index (χ2n) is 5.63. The van der Waals surface area contributed by atoms with Crippen molar-refractivity contribution in [2.75, 3.05) is 13.2 Å². The number of hydrogen-bond donors (Lipinski definition) is 2. The lowest BCUT2D eigenvalue weighted by molar-refractivity contribution is -0.123. The molecule has 2 rings (SSSR count). The Labute approximate surface area is 120 Å². The van der Waals surface area contributed by atoms with Crippen molar-refractivity contribution in [2.45, 2.75) is 45.7 Å². The highest BCUT2D eigenvalue weighted by atomic mass is 16.5. The number of amides is 1.